The van der Waals surface area contributed by atoms with Crippen molar-refractivity contribution in [2.75, 3.05) is 25.5 Å². The highest BCUT2D eigenvalue weighted by Gasteiger charge is 2.17. The molecular weight excluding hydrogens is 376 g/mol. The van der Waals surface area contributed by atoms with E-state index < -0.39 is 5.91 Å². The largest absolute Gasteiger partial charge is 0.380 e. The lowest BCUT2D eigenvalue weighted by atomic mass is 10.0. The Kier molecular flexibility index (Phi) is 8.18. The van der Waals surface area contributed by atoms with Gasteiger partial charge < -0.3 is 10.2 Å². The highest BCUT2D eigenvalue weighted by atomic mass is 16.5. The monoisotopic (exact) mass is 406 g/mol. The van der Waals surface area contributed by atoms with Crippen LogP contribution in [0.1, 0.15) is 30.4 Å². The second-order valence-corrected chi connectivity index (χ2v) is 7.64. The Bertz CT molecular complexity index is 872. The summed E-state index contributed by atoms with van der Waals surface area (Å²) in [5.41, 5.74) is 5.61. The molecule has 30 heavy (non-hydrogen) atoms. The molecular formula is C24H30N4O2. The van der Waals surface area contributed by atoms with Gasteiger partial charge in [0.25, 0.3) is 5.91 Å². The fourth-order valence-corrected chi connectivity index (χ4v) is 3.50. The fourth-order valence-electron chi connectivity index (χ4n) is 3.50. The summed E-state index contributed by atoms with van der Waals surface area (Å²) in [7, 11) is 2.16. The third-order valence-corrected chi connectivity index (χ3v) is 5.27. The minimum Gasteiger partial charge on any atom is -0.380 e. The molecule has 1 fully saturated rings. The SMILES string of the molecule is CN1CCC(Nc2ccc(/C=C/C(=O)NO)cc2N=CCCc2ccccc2)CC1. The summed E-state index contributed by atoms with van der Waals surface area (Å²) in [6, 6.07) is 16.7. The summed E-state index contributed by atoms with van der Waals surface area (Å²) >= 11 is 0. The maximum atomic E-state index is 11.3. The molecule has 0 aliphatic carbocycles. The topological polar surface area (TPSA) is 77.0 Å². The van der Waals surface area contributed by atoms with Crippen molar-refractivity contribution in [3.8, 4) is 0 Å². The van der Waals surface area contributed by atoms with Crippen LogP contribution >= 0.6 is 0 Å². The lowest BCUT2D eigenvalue weighted by Crippen LogP contribution is -2.36. The van der Waals surface area contributed by atoms with E-state index in [4.69, 9.17) is 10.2 Å². The van der Waals surface area contributed by atoms with Crippen LogP contribution in [0.2, 0.25) is 0 Å². The van der Waals surface area contributed by atoms with Gasteiger partial charge in [0.1, 0.15) is 0 Å². The number of aliphatic imine (C=N–C) groups is 1. The van der Waals surface area contributed by atoms with Crippen molar-refractivity contribution in [1.82, 2.24) is 10.4 Å². The first-order valence-electron chi connectivity index (χ1n) is 10.4. The van der Waals surface area contributed by atoms with Crippen molar-refractivity contribution in [3.05, 3.63) is 65.7 Å². The maximum Gasteiger partial charge on any atom is 0.267 e. The predicted octanol–water partition coefficient (Wildman–Crippen LogP) is 4.05. The summed E-state index contributed by atoms with van der Waals surface area (Å²) in [6.45, 7) is 2.18. The molecule has 0 aromatic heterocycles. The second kappa shape index (κ2) is 11.3. The van der Waals surface area contributed by atoms with E-state index >= 15 is 0 Å². The molecule has 6 nitrogen and oxygen atoms in total. The molecule has 0 saturated carbocycles. The summed E-state index contributed by atoms with van der Waals surface area (Å²) in [5.74, 6) is -0.559. The summed E-state index contributed by atoms with van der Waals surface area (Å²) in [4.78, 5) is 18.4. The first kappa shape index (κ1) is 21.7. The van der Waals surface area contributed by atoms with Crippen LogP contribution in [-0.2, 0) is 11.2 Å². The van der Waals surface area contributed by atoms with Crippen LogP contribution in [-0.4, -0.2) is 48.4 Å². The first-order chi connectivity index (χ1) is 14.6. The Morgan fingerprint density at radius 2 is 1.97 bits per heavy atom. The number of rotatable bonds is 8. The third kappa shape index (κ3) is 6.83. The number of benzene rings is 2. The van der Waals surface area contributed by atoms with E-state index in [0.717, 1.165) is 55.7 Å². The summed E-state index contributed by atoms with van der Waals surface area (Å²) in [5, 5.41) is 12.3. The molecule has 1 aliphatic rings. The molecule has 1 saturated heterocycles. The van der Waals surface area contributed by atoms with Crippen molar-refractivity contribution >= 4 is 29.6 Å². The molecule has 3 rings (SSSR count). The Hall–Kier alpha value is -2.96. The number of amides is 1. The number of aryl methyl sites for hydroxylation is 1. The molecule has 1 heterocycles. The van der Waals surface area contributed by atoms with Crippen molar-refractivity contribution in [2.24, 2.45) is 4.99 Å². The second-order valence-electron chi connectivity index (χ2n) is 7.64. The standard InChI is InChI=1S/C24H30N4O2/c1-28-16-13-21(14-17-28)26-22-11-9-20(10-12-24(29)27-30)18-23(22)25-15-5-8-19-6-3-2-4-7-19/h2-4,6-7,9-12,15,18,21,26,30H,5,8,13-14,16-17H2,1H3,(H,27,29)/b12-10+,25-15?. The average molecular weight is 407 g/mol. The van der Waals surface area contributed by atoms with Crippen molar-refractivity contribution in [1.29, 1.82) is 0 Å². The van der Waals surface area contributed by atoms with E-state index in [1.165, 1.54) is 11.6 Å². The highest BCUT2D eigenvalue weighted by Crippen LogP contribution is 2.29. The number of carbonyl (C=O) groups is 1. The number of hydroxylamine groups is 1. The van der Waals surface area contributed by atoms with Gasteiger partial charge in [-0.15, -0.1) is 0 Å². The Morgan fingerprint density at radius 3 is 2.70 bits per heavy atom. The lowest BCUT2D eigenvalue weighted by Gasteiger charge is -2.30. The molecule has 3 N–H and O–H groups in total. The summed E-state index contributed by atoms with van der Waals surface area (Å²) < 4.78 is 0. The lowest BCUT2D eigenvalue weighted by molar-refractivity contribution is -0.124. The first-order valence-corrected chi connectivity index (χ1v) is 10.4. The quantitative estimate of drug-likeness (QED) is 0.268. The van der Waals surface area contributed by atoms with Gasteiger partial charge in [0.05, 0.1) is 11.4 Å². The molecule has 2 aromatic rings. The smallest absolute Gasteiger partial charge is 0.267 e. The van der Waals surface area contributed by atoms with Crippen LogP contribution in [0.4, 0.5) is 11.4 Å². The highest BCUT2D eigenvalue weighted by molar-refractivity contribution is 5.91. The van der Waals surface area contributed by atoms with E-state index in [9.17, 15) is 4.79 Å². The number of nitrogens with zero attached hydrogens (tertiary/aromatic N) is 2. The van der Waals surface area contributed by atoms with Gasteiger partial charge in [0.15, 0.2) is 0 Å². The molecule has 6 heteroatoms. The number of piperidine rings is 1. The zero-order chi connectivity index (χ0) is 21.2. The van der Waals surface area contributed by atoms with E-state index in [0.29, 0.717) is 6.04 Å². The number of hydrogen-bond donors (Lipinski definition) is 3. The number of nitrogens with one attached hydrogen (secondary N) is 2. The number of anilines is 1. The Labute approximate surface area is 178 Å². The van der Waals surface area contributed by atoms with Crippen LogP contribution in [0.15, 0.2) is 59.6 Å². The van der Waals surface area contributed by atoms with E-state index in [1.807, 2.05) is 30.5 Å². The number of carbonyl (C=O) groups excluding carboxylic acids is 1. The predicted molar refractivity (Wildman–Crippen MR) is 122 cm³/mol. The molecule has 1 amide bonds. The average Bonchev–Trinajstić information content (AvgIpc) is 2.78. The van der Waals surface area contributed by atoms with Crippen LogP contribution in [0.25, 0.3) is 6.08 Å². The van der Waals surface area contributed by atoms with Gasteiger partial charge >= 0.3 is 0 Å². The maximum absolute atomic E-state index is 11.3. The van der Waals surface area contributed by atoms with Gasteiger partial charge in [-0.05, 0) is 75.2 Å². The Balaban J connectivity index is 1.72. The fraction of sp³-hybridized carbons (Fsp3) is 0.333. The zero-order valence-corrected chi connectivity index (χ0v) is 17.4. The van der Waals surface area contributed by atoms with Gasteiger partial charge in [-0.2, -0.15) is 0 Å². The van der Waals surface area contributed by atoms with Gasteiger partial charge in [0, 0.05) is 18.3 Å². The van der Waals surface area contributed by atoms with E-state index in [-0.39, 0.29) is 0 Å². The van der Waals surface area contributed by atoms with Crippen molar-refractivity contribution in [2.45, 2.75) is 31.7 Å². The van der Waals surface area contributed by atoms with Gasteiger partial charge in [-0.25, -0.2) is 5.48 Å². The van der Waals surface area contributed by atoms with Crippen LogP contribution < -0.4 is 10.8 Å². The van der Waals surface area contributed by atoms with Crippen LogP contribution in [0, 0.1) is 0 Å². The normalized spacial score (nSPS) is 15.7. The molecule has 0 radical (unpaired) electrons. The molecule has 2 aromatic carbocycles. The van der Waals surface area contributed by atoms with Crippen LogP contribution in [0.3, 0.4) is 0 Å². The molecule has 0 spiro atoms. The molecule has 158 valence electrons. The van der Waals surface area contributed by atoms with Gasteiger partial charge in [-0.3, -0.25) is 15.0 Å². The molecule has 0 bridgehead atoms. The minimum absolute atomic E-state index is 0.432. The number of hydrogen-bond acceptors (Lipinski definition) is 5. The molecule has 0 atom stereocenters. The number of likely N-dealkylation sites (tertiary alicyclic amines) is 1. The van der Waals surface area contributed by atoms with E-state index in [1.54, 1.807) is 11.6 Å². The molecule has 1 aliphatic heterocycles. The van der Waals surface area contributed by atoms with Gasteiger partial charge in [-0.1, -0.05) is 36.4 Å². The van der Waals surface area contributed by atoms with Crippen LogP contribution in [0.5, 0.6) is 0 Å². The third-order valence-electron chi connectivity index (χ3n) is 5.27. The Morgan fingerprint density at radius 1 is 1.20 bits per heavy atom. The zero-order valence-electron chi connectivity index (χ0n) is 17.4. The van der Waals surface area contributed by atoms with Crippen molar-refractivity contribution in [3.63, 3.8) is 0 Å². The van der Waals surface area contributed by atoms with Crippen molar-refractivity contribution < 1.29 is 10.0 Å². The van der Waals surface area contributed by atoms with Gasteiger partial charge in [0.2, 0.25) is 0 Å². The van der Waals surface area contributed by atoms with E-state index in [2.05, 4.69) is 41.5 Å². The summed E-state index contributed by atoms with van der Waals surface area (Å²) in [6.07, 6.45) is 8.91. The molecule has 0 unspecified atom stereocenters. The minimum atomic E-state index is -0.559.